The standard InChI is InChI=1S/C7H15NO/c1-3-8-6(2)7-4-9-5-7/h6-8H,3-5H2,1-2H3/t6-/m1/s1. The summed E-state index contributed by atoms with van der Waals surface area (Å²) in [6.07, 6.45) is 0. The van der Waals surface area contributed by atoms with E-state index in [4.69, 9.17) is 4.74 Å². The molecule has 1 N–H and O–H groups in total. The summed E-state index contributed by atoms with van der Waals surface area (Å²) in [5.41, 5.74) is 0. The molecule has 54 valence electrons. The molecule has 0 amide bonds. The van der Waals surface area contributed by atoms with Crippen LogP contribution in [0.1, 0.15) is 13.8 Å². The second kappa shape index (κ2) is 3.18. The van der Waals surface area contributed by atoms with Crippen LogP contribution in [0.2, 0.25) is 0 Å². The van der Waals surface area contributed by atoms with Gasteiger partial charge in [-0.2, -0.15) is 0 Å². The van der Waals surface area contributed by atoms with Gasteiger partial charge in [-0.25, -0.2) is 0 Å². The lowest BCUT2D eigenvalue weighted by atomic mass is 10.00. The first kappa shape index (κ1) is 7.03. The fraction of sp³-hybridized carbons (Fsp3) is 1.00. The zero-order valence-electron chi connectivity index (χ0n) is 6.18. The second-order valence-electron chi connectivity index (χ2n) is 2.64. The SMILES string of the molecule is CCN[C@H](C)C1COC1. The molecular formula is C7H15NO. The molecule has 2 nitrogen and oxygen atoms in total. The van der Waals surface area contributed by atoms with Gasteiger partial charge < -0.3 is 10.1 Å². The van der Waals surface area contributed by atoms with Crippen molar-refractivity contribution >= 4 is 0 Å². The Morgan fingerprint density at radius 1 is 1.67 bits per heavy atom. The van der Waals surface area contributed by atoms with Crippen LogP contribution in [0.25, 0.3) is 0 Å². The summed E-state index contributed by atoms with van der Waals surface area (Å²) in [4.78, 5) is 0. The van der Waals surface area contributed by atoms with Crippen LogP contribution in [-0.2, 0) is 4.74 Å². The summed E-state index contributed by atoms with van der Waals surface area (Å²) >= 11 is 0. The van der Waals surface area contributed by atoms with Crippen molar-refractivity contribution in [1.82, 2.24) is 5.32 Å². The molecule has 9 heavy (non-hydrogen) atoms. The van der Waals surface area contributed by atoms with Gasteiger partial charge in [0.05, 0.1) is 13.2 Å². The molecule has 1 heterocycles. The topological polar surface area (TPSA) is 21.3 Å². The first-order valence-corrected chi connectivity index (χ1v) is 3.65. The van der Waals surface area contributed by atoms with E-state index in [0.717, 1.165) is 25.7 Å². The fourth-order valence-corrected chi connectivity index (χ4v) is 1.03. The molecule has 0 aromatic carbocycles. The molecular weight excluding hydrogens is 114 g/mol. The third-order valence-electron chi connectivity index (χ3n) is 1.90. The van der Waals surface area contributed by atoms with E-state index in [0.29, 0.717) is 6.04 Å². The van der Waals surface area contributed by atoms with E-state index >= 15 is 0 Å². The minimum Gasteiger partial charge on any atom is -0.381 e. The third kappa shape index (κ3) is 1.66. The van der Waals surface area contributed by atoms with Gasteiger partial charge in [0.15, 0.2) is 0 Å². The van der Waals surface area contributed by atoms with Gasteiger partial charge in [0, 0.05) is 12.0 Å². The van der Waals surface area contributed by atoms with E-state index in [2.05, 4.69) is 19.2 Å². The lowest BCUT2D eigenvalue weighted by molar-refractivity contribution is -0.0462. The van der Waals surface area contributed by atoms with Gasteiger partial charge in [0.25, 0.3) is 0 Å². The van der Waals surface area contributed by atoms with E-state index in [1.807, 2.05) is 0 Å². The highest BCUT2D eigenvalue weighted by atomic mass is 16.5. The Balaban J connectivity index is 2.08. The van der Waals surface area contributed by atoms with Gasteiger partial charge in [-0.3, -0.25) is 0 Å². The number of rotatable bonds is 3. The quantitative estimate of drug-likeness (QED) is 0.603. The van der Waals surface area contributed by atoms with E-state index in [-0.39, 0.29) is 0 Å². The number of hydrogen-bond donors (Lipinski definition) is 1. The molecule has 1 aliphatic rings. The normalized spacial score (nSPS) is 23.3. The average molecular weight is 129 g/mol. The zero-order chi connectivity index (χ0) is 6.69. The van der Waals surface area contributed by atoms with Gasteiger partial charge in [-0.05, 0) is 13.5 Å². The monoisotopic (exact) mass is 129 g/mol. The highest BCUT2D eigenvalue weighted by Gasteiger charge is 2.23. The van der Waals surface area contributed by atoms with E-state index in [1.54, 1.807) is 0 Å². The highest BCUT2D eigenvalue weighted by molar-refractivity contribution is 4.76. The van der Waals surface area contributed by atoms with Gasteiger partial charge in [-0.1, -0.05) is 6.92 Å². The van der Waals surface area contributed by atoms with E-state index < -0.39 is 0 Å². The Hall–Kier alpha value is -0.0800. The Bertz CT molecular complexity index is 81.0. The van der Waals surface area contributed by atoms with Crippen LogP contribution in [0.15, 0.2) is 0 Å². The summed E-state index contributed by atoms with van der Waals surface area (Å²) in [7, 11) is 0. The van der Waals surface area contributed by atoms with Crippen molar-refractivity contribution in [3.8, 4) is 0 Å². The average Bonchev–Trinajstić information content (AvgIpc) is 1.60. The molecule has 0 aromatic heterocycles. The summed E-state index contributed by atoms with van der Waals surface area (Å²) in [5.74, 6) is 0.768. The first-order chi connectivity index (χ1) is 4.34. The summed E-state index contributed by atoms with van der Waals surface area (Å²) in [5, 5.41) is 3.37. The van der Waals surface area contributed by atoms with Crippen molar-refractivity contribution in [2.45, 2.75) is 19.9 Å². The van der Waals surface area contributed by atoms with Crippen molar-refractivity contribution in [1.29, 1.82) is 0 Å². The minimum atomic E-state index is 0.642. The molecule has 0 aliphatic carbocycles. The highest BCUT2D eigenvalue weighted by Crippen LogP contribution is 2.13. The van der Waals surface area contributed by atoms with Crippen molar-refractivity contribution in [2.75, 3.05) is 19.8 Å². The van der Waals surface area contributed by atoms with Crippen LogP contribution >= 0.6 is 0 Å². The van der Waals surface area contributed by atoms with Crippen LogP contribution in [0.3, 0.4) is 0 Å². The van der Waals surface area contributed by atoms with Crippen molar-refractivity contribution in [3.05, 3.63) is 0 Å². The van der Waals surface area contributed by atoms with Crippen LogP contribution in [-0.4, -0.2) is 25.8 Å². The lowest BCUT2D eigenvalue weighted by Crippen LogP contribution is -2.44. The first-order valence-electron chi connectivity index (χ1n) is 3.65. The van der Waals surface area contributed by atoms with Crippen molar-refractivity contribution < 1.29 is 4.74 Å². The minimum absolute atomic E-state index is 0.642. The van der Waals surface area contributed by atoms with Crippen LogP contribution in [0.5, 0.6) is 0 Å². The number of ether oxygens (including phenoxy) is 1. The van der Waals surface area contributed by atoms with Gasteiger partial charge in [0.1, 0.15) is 0 Å². The molecule has 0 aromatic rings. The molecule has 1 aliphatic heterocycles. The van der Waals surface area contributed by atoms with Gasteiger partial charge in [-0.15, -0.1) is 0 Å². The van der Waals surface area contributed by atoms with Crippen LogP contribution in [0.4, 0.5) is 0 Å². The molecule has 0 radical (unpaired) electrons. The number of hydrogen-bond acceptors (Lipinski definition) is 2. The molecule has 0 spiro atoms. The van der Waals surface area contributed by atoms with E-state index in [9.17, 15) is 0 Å². The van der Waals surface area contributed by atoms with E-state index in [1.165, 1.54) is 0 Å². The largest absolute Gasteiger partial charge is 0.381 e. The zero-order valence-corrected chi connectivity index (χ0v) is 6.18. The van der Waals surface area contributed by atoms with Crippen molar-refractivity contribution in [3.63, 3.8) is 0 Å². The molecule has 1 atom stereocenters. The third-order valence-corrected chi connectivity index (χ3v) is 1.90. The Morgan fingerprint density at radius 2 is 2.33 bits per heavy atom. The maximum absolute atomic E-state index is 5.06. The van der Waals surface area contributed by atoms with Gasteiger partial charge >= 0.3 is 0 Å². The molecule has 2 heteroatoms. The second-order valence-corrected chi connectivity index (χ2v) is 2.64. The maximum Gasteiger partial charge on any atom is 0.0531 e. The Kier molecular flexibility index (Phi) is 2.49. The summed E-state index contributed by atoms with van der Waals surface area (Å²) < 4.78 is 5.06. The molecule has 1 saturated heterocycles. The van der Waals surface area contributed by atoms with Gasteiger partial charge in [0.2, 0.25) is 0 Å². The molecule has 0 bridgehead atoms. The Labute approximate surface area is 56.6 Å². The van der Waals surface area contributed by atoms with Crippen molar-refractivity contribution in [2.24, 2.45) is 5.92 Å². The fourth-order valence-electron chi connectivity index (χ4n) is 1.03. The molecule has 1 fully saturated rings. The molecule has 1 rings (SSSR count). The maximum atomic E-state index is 5.06. The predicted molar refractivity (Wildman–Crippen MR) is 37.4 cm³/mol. The summed E-state index contributed by atoms with van der Waals surface area (Å²) in [6, 6.07) is 0.642. The predicted octanol–water partition coefficient (Wildman–Crippen LogP) is 0.631. The van der Waals surface area contributed by atoms with Crippen LogP contribution in [0, 0.1) is 5.92 Å². The molecule has 0 saturated carbocycles. The summed E-state index contributed by atoms with van der Waals surface area (Å²) in [6.45, 7) is 7.33. The smallest absolute Gasteiger partial charge is 0.0531 e. The lowest BCUT2D eigenvalue weighted by Gasteiger charge is -2.31. The number of nitrogens with one attached hydrogen (secondary N) is 1. The molecule has 0 unspecified atom stereocenters. The Morgan fingerprint density at radius 3 is 2.67 bits per heavy atom. The van der Waals surface area contributed by atoms with Crippen LogP contribution < -0.4 is 5.32 Å².